The van der Waals surface area contributed by atoms with Crippen LogP contribution in [-0.4, -0.2) is 16.5 Å². The Labute approximate surface area is 127 Å². The number of aromatic nitrogens is 2. The second-order valence-electron chi connectivity index (χ2n) is 5.96. The third kappa shape index (κ3) is 4.55. The van der Waals surface area contributed by atoms with Crippen LogP contribution in [-0.2, 0) is 6.42 Å². The average molecular weight is 283 g/mol. The van der Waals surface area contributed by atoms with Gasteiger partial charge in [-0.05, 0) is 31.7 Å². The Balaban J connectivity index is 2.38. The Kier molecular flexibility index (Phi) is 5.32. The summed E-state index contributed by atoms with van der Waals surface area (Å²) in [7, 11) is 0. The molecule has 21 heavy (non-hydrogen) atoms. The van der Waals surface area contributed by atoms with E-state index in [9.17, 15) is 0 Å². The normalized spacial score (nSPS) is 10.9. The first-order chi connectivity index (χ1) is 10.1. The summed E-state index contributed by atoms with van der Waals surface area (Å²) in [4.78, 5) is 9.41. The molecule has 112 valence electrons. The molecule has 0 atom stereocenters. The van der Waals surface area contributed by atoms with Crippen LogP contribution in [0.2, 0.25) is 0 Å². The summed E-state index contributed by atoms with van der Waals surface area (Å²) >= 11 is 0. The minimum atomic E-state index is 0.587. The number of hydrogen-bond acceptors (Lipinski definition) is 3. The molecule has 2 rings (SSSR count). The fourth-order valence-corrected chi connectivity index (χ4v) is 2.28. The quantitative estimate of drug-likeness (QED) is 0.849. The number of nitrogens with one attached hydrogen (secondary N) is 1. The molecule has 0 aliphatic heterocycles. The van der Waals surface area contributed by atoms with E-state index in [0.717, 1.165) is 42.3 Å². The summed E-state index contributed by atoms with van der Waals surface area (Å²) in [6.07, 6.45) is 2.06. The molecule has 0 amide bonds. The van der Waals surface area contributed by atoms with Crippen LogP contribution < -0.4 is 5.32 Å². The van der Waals surface area contributed by atoms with Crippen LogP contribution >= 0.6 is 0 Å². The van der Waals surface area contributed by atoms with Gasteiger partial charge in [0.2, 0.25) is 0 Å². The molecule has 1 N–H and O–H groups in total. The Morgan fingerprint density at radius 2 is 1.95 bits per heavy atom. The van der Waals surface area contributed by atoms with Gasteiger partial charge in [-0.15, -0.1) is 0 Å². The van der Waals surface area contributed by atoms with Crippen molar-refractivity contribution in [3.63, 3.8) is 0 Å². The van der Waals surface area contributed by atoms with E-state index in [1.165, 1.54) is 5.56 Å². The lowest BCUT2D eigenvalue weighted by atomic mass is 10.1. The summed E-state index contributed by atoms with van der Waals surface area (Å²) < 4.78 is 0. The number of anilines is 1. The summed E-state index contributed by atoms with van der Waals surface area (Å²) in [6, 6.07) is 10.4. The van der Waals surface area contributed by atoms with E-state index in [1.54, 1.807) is 0 Å². The SMILES string of the molecule is CCCNc1cc(CC(C)C)nc(-c2cccc(C)c2)n1. The fourth-order valence-electron chi connectivity index (χ4n) is 2.28. The van der Waals surface area contributed by atoms with Crippen LogP contribution in [0.5, 0.6) is 0 Å². The second kappa shape index (κ2) is 7.21. The van der Waals surface area contributed by atoms with Crippen molar-refractivity contribution in [2.75, 3.05) is 11.9 Å². The summed E-state index contributed by atoms with van der Waals surface area (Å²) in [5.74, 6) is 2.33. The topological polar surface area (TPSA) is 37.8 Å². The second-order valence-corrected chi connectivity index (χ2v) is 5.96. The van der Waals surface area contributed by atoms with E-state index < -0.39 is 0 Å². The van der Waals surface area contributed by atoms with E-state index >= 15 is 0 Å². The van der Waals surface area contributed by atoms with Crippen LogP contribution in [0, 0.1) is 12.8 Å². The van der Waals surface area contributed by atoms with Gasteiger partial charge in [-0.3, -0.25) is 0 Å². The van der Waals surface area contributed by atoms with Crippen molar-refractivity contribution < 1.29 is 0 Å². The van der Waals surface area contributed by atoms with E-state index in [0.29, 0.717) is 5.92 Å². The van der Waals surface area contributed by atoms with E-state index in [4.69, 9.17) is 4.98 Å². The van der Waals surface area contributed by atoms with Crippen LogP contribution in [0.25, 0.3) is 11.4 Å². The van der Waals surface area contributed by atoms with Crippen LogP contribution in [0.4, 0.5) is 5.82 Å². The van der Waals surface area contributed by atoms with E-state index in [-0.39, 0.29) is 0 Å². The predicted molar refractivity (Wildman–Crippen MR) is 89.5 cm³/mol. The molecule has 1 heterocycles. The monoisotopic (exact) mass is 283 g/mol. The molecule has 0 saturated heterocycles. The zero-order valence-corrected chi connectivity index (χ0v) is 13.5. The molecular formula is C18H25N3. The van der Waals surface area contributed by atoms with Crippen molar-refractivity contribution in [3.8, 4) is 11.4 Å². The Bertz CT molecular complexity index is 591. The van der Waals surface area contributed by atoms with Crippen LogP contribution in [0.15, 0.2) is 30.3 Å². The summed E-state index contributed by atoms with van der Waals surface area (Å²) in [5, 5.41) is 3.38. The number of benzene rings is 1. The van der Waals surface area contributed by atoms with Gasteiger partial charge >= 0.3 is 0 Å². The first-order valence-corrected chi connectivity index (χ1v) is 7.77. The van der Waals surface area contributed by atoms with Crippen molar-refractivity contribution in [3.05, 3.63) is 41.6 Å². The fraction of sp³-hybridized carbons (Fsp3) is 0.444. The Hall–Kier alpha value is -1.90. The molecule has 0 aliphatic carbocycles. The molecule has 0 unspecified atom stereocenters. The first kappa shape index (κ1) is 15.5. The number of aryl methyl sites for hydroxylation is 1. The zero-order chi connectivity index (χ0) is 15.2. The molecule has 1 aromatic carbocycles. The molecule has 0 bridgehead atoms. The summed E-state index contributed by atoms with van der Waals surface area (Å²) in [6.45, 7) is 9.62. The lowest BCUT2D eigenvalue weighted by Gasteiger charge is -2.11. The van der Waals surface area contributed by atoms with E-state index in [2.05, 4.69) is 68.3 Å². The first-order valence-electron chi connectivity index (χ1n) is 7.77. The smallest absolute Gasteiger partial charge is 0.161 e. The molecule has 3 nitrogen and oxygen atoms in total. The largest absolute Gasteiger partial charge is 0.370 e. The minimum absolute atomic E-state index is 0.587. The minimum Gasteiger partial charge on any atom is -0.370 e. The van der Waals surface area contributed by atoms with Gasteiger partial charge in [-0.2, -0.15) is 0 Å². The standard InChI is InChI=1S/C18H25N3/c1-5-9-19-17-12-16(10-13(2)3)20-18(21-17)15-8-6-7-14(4)11-15/h6-8,11-13H,5,9-10H2,1-4H3,(H,19,20,21). The van der Waals surface area contributed by atoms with Crippen molar-refractivity contribution >= 4 is 5.82 Å². The molecule has 0 radical (unpaired) electrons. The Morgan fingerprint density at radius 3 is 2.62 bits per heavy atom. The highest BCUT2D eigenvalue weighted by atomic mass is 15.0. The highest BCUT2D eigenvalue weighted by Crippen LogP contribution is 2.20. The van der Waals surface area contributed by atoms with Crippen molar-refractivity contribution in [2.45, 2.75) is 40.5 Å². The number of hydrogen-bond donors (Lipinski definition) is 1. The third-order valence-electron chi connectivity index (χ3n) is 3.23. The van der Waals surface area contributed by atoms with Gasteiger partial charge in [0.05, 0.1) is 0 Å². The van der Waals surface area contributed by atoms with Crippen LogP contribution in [0.1, 0.15) is 38.4 Å². The number of nitrogens with zero attached hydrogens (tertiary/aromatic N) is 2. The molecule has 1 aromatic heterocycles. The summed E-state index contributed by atoms with van der Waals surface area (Å²) in [5.41, 5.74) is 3.42. The molecule has 0 spiro atoms. The zero-order valence-electron chi connectivity index (χ0n) is 13.5. The van der Waals surface area contributed by atoms with E-state index in [1.807, 2.05) is 0 Å². The van der Waals surface area contributed by atoms with Gasteiger partial charge in [-0.1, -0.05) is 44.5 Å². The van der Waals surface area contributed by atoms with Gasteiger partial charge in [0.15, 0.2) is 5.82 Å². The Morgan fingerprint density at radius 1 is 1.14 bits per heavy atom. The number of rotatable bonds is 6. The molecule has 0 aliphatic rings. The van der Waals surface area contributed by atoms with Crippen molar-refractivity contribution in [2.24, 2.45) is 5.92 Å². The highest BCUT2D eigenvalue weighted by molar-refractivity contribution is 5.58. The van der Waals surface area contributed by atoms with Gasteiger partial charge < -0.3 is 5.32 Å². The van der Waals surface area contributed by atoms with Gasteiger partial charge in [0.1, 0.15) is 5.82 Å². The molecule has 2 aromatic rings. The van der Waals surface area contributed by atoms with Gasteiger partial charge in [0.25, 0.3) is 0 Å². The average Bonchev–Trinajstić information content (AvgIpc) is 2.44. The maximum absolute atomic E-state index is 4.74. The van der Waals surface area contributed by atoms with Gasteiger partial charge in [-0.25, -0.2) is 9.97 Å². The maximum Gasteiger partial charge on any atom is 0.161 e. The maximum atomic E-state index is 4.74. The van der Waals surface area contributed by atoms with Gasteiger partial charge in [0, 0.05) is 23.9 Å². The van der Waals surface area contributed by atoms with Crippen molar-refractivity contribution in [1.29, 1.82) is 0 Å². The lowest BCUT2D eigenvalue weighted by molar-refractivity contribution is 0.635. The molecule has 3 heteroatoms. The third-order valence-corrected chi connectivity index (χ3v) is 3.23. The molecular weight excluding hydrogens is 258 g/mol. The van der Waals surface area contributed by atoms with Crippen LogP contribution in [0.3, 0.4) is 0 Å². The predicted octanol–water partition coefficient (Wildman–Crippen LogP) is 4.47. The molecule has 0 saturated carbocycles. The van der Waals surface area contributed by atoms with Crippen molar-refractivity contribution in [1.82, 2.24) is 9.97 Å². The molecule has 0 fully saturated rings. The highest BCUT2D eigenvalue weighted by Gasteiger charge is 2.08. The lowest BCUT2D eigenvalue weighted by Crippen LogP contribution is -2.07.